The number of nitrogen functional groups attached to an aromatic ring is 2. The van der Waals surface area contributed by atoms with Crippen LogP contribution >= 0.6 is 0 Å². The zero-order valence-electron chi connectivity index (χ0n) is 15.9. The van der Waals surface area contributed by atoms with Crippen molar-refractivity contribution >= 4 is 28.8 Å². The van der Waals surface area contributed by atoms with Crippen molar-refractivity contribution in [2.24, 2.45) is 0 Å². The first-order valence-electron chi connectivity index (χ1n) is 9.26. The summed E-state index contributed by atoms with van der Waals surface area (Å²) in [5.41, 5.74) is 14.6. The van der Waals surface area contributed by atoms with Gasteiger partial charge < -0.3 is 21.2 Å². The van der Waals surface area contributed by atoms with E-state index in [9.17, 15) is 9.18 Å². The normalized spacial score (nSPS) is 11.0. The maximum Gasteiger partial charge on any atom is 0.306 e. The Bertz CT molecular complexity index is 1190. The Morgan fingerprint density at radius 3 is 2.43 bits per heavy atom. The van der Waals surface area contributed by atoms with Crippen molar-refractivity contribution in [1.29, 1.82) is 0 Å². The molecule has 2 aromatic carbocycles. The van der Waals surface area contributed by atoms with Crippen LogP contribution in [0.5, 0.6) is 0 Å². The van der Waals surface area contributed by atoms with Gasteiger partial charge in [0.25, 0.3) is 0 Å². The van der Waals surface area contributed by atoms with Crippen LogP contribution in [0, 0.1) is 5.82 Å². The predicted octanol–water partition coefficient (Wildman–Crippen LogP) is 3.00. The summed E-state index contributed by atoms with van der Waals surface area (Å²) in [5, 5.41) is 1.00. The first-order valence-corrected chi connectivity index (χ1v) is 9.26. The largest absolute Gasteiger partial charge is 0.457 e. The highest BCUT2D eigenvalue weighted by atomic mass is 19.1. The first kappa shape index (κ1) is 19.3. The molecule has 0 radical (unpaired) electrons. The van der Waals surface area contributed by atoms with Gasteiger partial charge >= 0.3 is 5.97 Å². The number of aromatic nitrogens is 4. The summed E-state index contributed by atoms with van der Waals surface area (Å²) >= 11 is 0. The number of hydrogen-bond acceptors (Lipinski definition) is 7. The molecule has 4 rings (SSSR count). The monoisotopic (exact) mass is 406 g/mol. The van der Waals surface area contributed by atoms with E-state index in [2.05, 4.69) is 19.9 Å². The SMILES string of the molecule is Nc1nc(N)nc(COC(=O)CCc2c(-c3ccc(F)cc3)[nH]c3ccccc23)n1. The average Bonchev–Trinajstić information content (AvgIpc) is 3.09. The molecular weight excluding hydrogens is 387 g/mol. The molecule has 0 unspecified atom stereocenters. The van der Waals surface area contributed by atoms with Gasteiger partial charge in [-0.3, -0.25) is 4.79 Å². The fraction of sp³-hybridized carbons (Fsp3) is 0.143. The maximum absolute atomic E-state index is 13.3. The van der Waals surface area contributed by atoms with E-state index >= 15 is 0 Å². The molecule has 0 saturated carbocycles. The van der Waals surface area contributed by atoms with E-state index in [-0.39, 0.29) is 36.6 Å². The average molecular weight is 406 g/mol. The number of benzene rings is 2. The molecule has 30 heavy (non-hydrogen) atoms. The molecule has 0 amide bonds. The smallest absolute Gasteiger partial charge is 0.306 e. The minimum Gasteiger partial charge on any atom is -0.457 e. The van der Waals surface area contributed by atoms with Crippen molar-refractivity contribution in [2.45, 2.75) is 19.4 Å². The molecule has 152 valence electrons. The molecule has 0 fully saturated rings. The van der Waals surface area contributed by atoms with Crippen LogP contribution in [0.1, 0.15) is 17.8 Å². The highest BCUT2D eigenvalue weighted by molar-refractivity contribution is 5.91. The topological polar surface area (TPSA) is 133 Å². The summed E-state index contributed by atoms with van der Waals surface area (Å²) in [7, 11) is 0. The molecule has 4 aromatic rings. The van der Waals surface area contributed by atoms with Crippen molar-refractivity contribution in [1.82, 2.24) is 19.9 Å². The van der Waals surface area contributed by atoms with Crippen molar-refractivity contribution in [3.05, 3.63) is 65.7 Å². The third kappa shape index (κ3) is 4.19. The van der Waals surface area contributed by atoms with Gasteiger partial charge in [-0.15, -0.1) is 0 Å². The number of H-pyrrole nitrogens is 1. The van der Waals surface area contributed by atoms with Crippen LogP contribution in [0.25, 0.3) is 22.2 Å². The molecule has 0 spiro atoms. The predicted molar refractivity (Wildman–Crippen MR) is 110 cm³/mol. The minimum atomic E-state index is -0.414. The first-order chi connectivity index (χ1) is 14.5. The lowest BCUT2D eigenvalue weighted by molar-refractivity contribution is -0.145. The molecule has 0 aliphatic rings. The van der Waals surface area contributed by atoms with Gasteiger partial charge in [-0.05, 0) is 47.9 Å². The second kappa shape index (κ2) is 8.16. The number of anilines is 2. The number of rotatable bonds is 6. The number of aromatic amines is 1. The van der Waals surface area contributed by atoms with Crippen LogP contribution in [-0.4, -0.2) is 25.9 Å². The van der Waals surface area contributed by atoms with E-state index < -0.39 is 5.97 Å². The zero-order valence-corrected chi connectivity index (χ0v) is 15.9. The van der Waals surface area contributed by atoms with Crippen molar-refractivity contribution in [3.63, 3.8) is 0 Å². The Morgan fingerprint density at radius 2 is 1.70 bits per heavy atom. The molecule has 8 nitrogen and oxygen atoms in total. The fourth-order valence-electron chi connectivity index (χ4n) is 3.29. The van der Waals surface area contributed by atoms with Gasteiger partial charge in [0, 0.05) is 23.0 Å². The van der Waals surface area contributed by atoms with Crippen molar-refractivity contribution < 1.29 is 13.9 Å². The van der Waals surface area contributed by atoms with Gasteiger partial charge in [0.1, 0.15) is 5.82 Å². The number of fused-ring (bicyclic) bond motifs is 1. The fourth-order valence-corrected chi connectivity index (χ4v) is 3.29. The van der Waals surface area contributed by atoms with Gasteiger partial charge in [0.15, 0.2) is 12.4 Å². The van der Waals surface area contributed by atoms with Crippen LogP contribution < -0.4 is 11.5 Å². The third-order valence-corrected chi connectivity index (χ3v) is 4.60. The number of hydrogen-bond donors (Lipinski definition) is 3. The van der Waals surface area contributed by atoms with Gasteiger partial charge in [-0.25, -0.2) is 4.39 Å². The van der Waals surface area contributed by atoms with E-state index in [1.54, 1.807) is 12.1 Å². The summed E-state index contributed by atoms with van der Waals surface area (Å²) in [5.74, 6) is -0.595. The standard InChI is InChI=1S/C21H19FN6O2/c22-13-7-5-12(6-8-13)19-15(14-3-1-2-4-16(14)25-19)9-10-18(29)30-11-17-26-20(23)28-21(24)27-17/h1-8,25H,9-11H2,(H4,23,24,26,27,28). The Balaban J connectivity index is 1.51. The lowest BCUT2D eigenvalue weighted by Gasteiger charge is -2.07. The number of para-hydroxylation sites is 1. The maximum atomic E-state index is 13.3. The molecule has 0 aliphatic carbocycles. The van der Waals surface area contributed by atoms with E-state index in [0.29, 0.717) is 6.42 Å². The summed E-state index contributed by atoms with van der Waals surface area (Å²) in [6, 6.07) is 14.0. The highest BCUT2D eigenvalue weighted by Gasteiger charge is 2.15. The van der Waals surface area contributed by atoms with Gasteiger partial charge in [-0.1, -0.05) is 18.2 Å². The number of nitrogens with two attached hydrogens (primary N) is 2. The third-order valence-electron chi connectivity index (χ3n) is 4.60. The highest BCUT2D eigenvalue weighted by Crippen LogP contribution is 2.31. The molecule has 0 bridgehead atoms. The molecule has 0 saturated heterocycles. The van der Waals surface area contributed by atoms with Crippen LogP contribution in [0.2, 0.25) is 0 Å². The second-order valence-corrected chi connectivity index (χ2v) is 6.66. The van der Waals surface area contributed by atoms with Crippen LogP contribution in [0.4, 0.5) is 16.3 Å². The van der Waals surface area contributed by atoms with Crippen LogP contribution in [-0.2, 0) is 22.6 Å². The zero-order chi connectivity index (χ0) is 21.1. The quantitative estimate of drug-likeness (QED) is 0.419. The molecule has 5 N–H and O–H groups in total. The van der Waals surface area contributed by atoms with Gasteiger partial charge in [0.2, 0.25) is 11.9 Å². The summed E-state index contributed by atoms with van der Waals surface area (Å²) in [4.78, 5) is 27.1. The number of nitrogens with zero attached hydrogens (tertiary/aromatic N) is 3. The number of carbonyl (C=O) groups is 1. The van der Waals surface area contributed by atoms with Crippen LogP contribution in [0.3, 0.4) is 0 Å². The van der Waals surface area contributed by atoms with Gasteiger partial charge in [0.05, 0.1) is 0 Å². The number of ether oxygens (including phenoxy) is 1. The molecule has 2 heterocycles. The Morgan fingerprint density at radius 1 is 1.00 bits per heavy atom. The number of carbonyl (C=O) groups excluding carboxylic acids is 1. The molecule has 0 aliphatic heterocycles. The number of aryl methyl sites for hydroxylation is 1. The summed E-state index contributed by atoms with van der Waals surface area (Å²) < 4.78 is 18.6. The Hall–Kier alpha value is -4.01. The van der Waals surface area contributed by atoms with Crippen molar-refractivity contribution in [3.8, 4) is 11.3 Å². The van der Waals surface area contributed by atoms with Gasteiger partial charge in [-0.2, -0.15) is 15.0 Å². The second-order valence-electron chi connectivity index (χ2n) is 6.66. The van der Waals surface area contributed by atoms with Crippen LogP contribution in [0.15, 0.2) is 48.5 Å². The molecular formula is C21H19FN6O2. The van der Waals surface area contributed by atoms with E-state index in [1.807, 2.05) is 24.3 Å². The molecule has 9 heteroatoms. The molecule has 2 aromatic heterocycles. The number of nitrogens with one attached hydrogen (secondary N) is 1. The van der Waals surface area contributed by atoms with E-state index in [4.69, 9.17) is 16.2 Å². The lowest BCUT2D eigenvalue weighted by atomic mass is 10.0. The Labute approximate surface area is 171 Å². The molecule has 0 atom stereocenters. The number of esters is 1. The number of halogens is 1. The van der Waals surface area contributed by atoms with E-state index in [1.165, 1.54) is 12.1 Å². The summed E-state index contributed by atoms with van der Waals surface area (Å²) in [6.07, 6.45) is 0.586. The minimum absolute atomic E-state index is 0.0312. The summed E-state index contributed by atoms with van der Waals surface area (Å²) in [6.45, 7) is -0.144. The Kier molecular flexibility index (Phi) is 5.25. The van der Waals surface area contributed by atoms with E-state index in [0.717, 1.165) is 27.7 Å². The lowest BCUT2D eigenvalue weighted by Crippen LogP contribution is -2.11. The van der Waals surface area contributed by atoms with Crippen molar-refractivity contribution in [2.75, 3.05) is 11.5 Å².